The van der Waals surface area contributed by atoms with E-state index >= 15 is 0 Å². The number of amides is 3. The van der Waals surface area contributed by atoms with E-state index in [1.54, 1.807) is 4.90 Å². The summed E-state index contributed by atoms with van der Waals surface area (Å²) in [5.41, 5.74) is 4.86. The molecule has 6 heterocycles. The molecule has 4 N–H and O–H groups in total. The van der Waals surface area contributed by atoms with Gasteiger partial charge >= 0.3 is 6.18 Å². The van der Waals surface area contributed by atoms with Crippen molar-refractivity contribution in [2.45, 2.75) is 38.4 Å². The lowest BCUT2D eigenvalue weighted by Crippen LogP contribution is -2.64. The number of carbonyl (C=O) groups excluding carboxylic acids is 4. The number of hydrogen-bond acceptors (Lipinski definition) is 10. The molecule has 3 amide bonds. The molecule has 7 rings (SSSR count). The fourth-order valence-corrected chi connectivity index (χ4v) is 8.66. The van der Waals surface area contributed by atoms with Gasteiger partial charge in [0.25, 0.3) is 11.8 Å². The zero-order valence-electron chi connectivity index (χ0n) is 32.5. The molecule has 0 radical (unpaired) electrons. The Kier molecular flexibility index (Phi) is 11.7. The van der Waals surface area contributed by atoms with E-state index < -0.39 is 23.7 Å². The molecule has 59 heavy (non-hydrogen) atoms. The monoisotopic (exact) mass is 839 g/mol. The van der Waals surface area contributed by atoms with Gasteiger partial charge in [-0.15, -0.1) is 0 Å². The first-order valence-corrected chi connectivity index (χ1v) is 19.8. The van der Waals surface area contributed by atoms with Crippen molar-refractivity contribution in [1.29, 1.82) is 0 Å². The minimum absolute atomic E-state index is 0.0244. The molecule has 20 heteroatoms. The number of nitrogens with zero attached hydrogens (tertiary/aromatic N) is 8. The number of aromatic nitrogens is 5. The summed E-state index contributed by atoms with van der Waals surface area (Å²) in [4.78, 5) is 64.3. The van der Waals surface area contributed by atoms with Gasteiger partial charge < -0.3 is 45.1 Å². The Balaban J connectivity index is 0.986. The Morgan fingerprint density at radius 2 is 1.81 bits per heavy atom. The molecule has 1 atom stereocenters. The molecule has 3 fully saturated rings. The van der Waals surface area contributed by atoms with Gasteiger partial charge in [0.15, 0.2) is 17.3 Å². The third kappa shape index (κ3) is 8.77. The number of halogens is 4. The average Bonchev–Trinajstić information content (AvgIpc) is 3.80. The van der Waals surface area contributed by atoms with Crippen LogP contribution in [0.2, 0.25) is 5.02 Å². The van der Waals surface area contributed by atoms with Gasteiger partial charge in [0.2, 0.25) is 5.91 Å². The lowest BCUT2D eigenvalue weighted by atomic mass is 9.90. The lowest BCUT2D eigenvalue weighted by molar-refractivity contribution is -0.931. The first kappa shape index (κ1) is 41.6. The molecule has 3 saturated heterocycles. The number of quaternary nitrogens is 1. The Hall–Kier alpha value is -5.53. The molecule has 3 aliphatic rings. The third-order valence-corrected chi connectivity index (χ3v) is 12.0. The van der Waals surface area contributed by atoms with Crippen LogP contribution in [0.3, 0.4) is 0 Å². The van der Waals surface area contributed by atoms with Crippen molar-refractivity contribution in [2.75, 3.05) is 70.0 Å². The molecule has 0 aliphatic carbocycles. The number of carboxylic acid groups (broad SMARTS) is 1. The van der Waals surface area contributed by atoms with Gasteiger partial charge in [0.05, 0.1) is 65.5 Å². The summed E-state index contributed by atoms with van der Waals surface area (Å²) in [7, 11) is 1.40. The summed E-state index contributed by atoms with van der Waals surface area (Å²) < 4.78 is 45.0. The maximum Gasteiger partial charge on any atom is 0.435 e. The molecule has 3 aromatic heterocycles. The van der Waals surface area contributed by atoms with Crippen LogP contribution in [-0.2, 0) is 22.8 Å². The predicted molar refractivity (Wildman–Crippen MR) is 208 cm³/mol. The van der Waals surface area contributed by atoms with Crippen LogP contribution in [0.1, 0.15) is 52.9 Å². The van der Waals surface area contributed by atoms with E-state index in [-0.39, 0.29) is 76.0 Å². The van der Waals surface area contributed by atoms with Crippen LogP contribution in [0.4, 0.5) is 24.5 Å². The maximum atomic E-state index is 14.1. The second kappa shape index (κ2) is 16.6. The van der Waals surface area contributed by atoms with Crippen LogP contribution in [0, 0.1) is 11.8 Å². The van der Waals surface area contributed by atoms with E-state index in [2.05, 4.69) is 25.7 Å². The Morgan fingerprint density at radius 1 is 1.07 bits per heavy atom. The van der Waals surface area contributed by atoms with Crippen molar-refractivity contribution in [2.24, 2.45) is 18.9 Å². The Bertz CT molecular complexity index is 2230. The summed E-state index contributed by atoms with van der Waals surface area (Å²) >= 11 is 6.62. The molecule has 3 aliphatic heterocycles. The molecule has 0 spiro atoms. The maximum absolute atomic E-state index is 14.1. The number of pyridine rings is 1. The number of hydrogen-bond donors (Lipinski definition) is 3. The first-order chi connectivity index (χ1) is 28.1. The van der Waals surface area contributed by atoms with E-state index in [9.17, 15) is 37.5 Å². The van der Waals surface area contributed by atoms with Crippen LogP contribution in [0.15, 0.2) is 48.9 Å². The molecular formula is C39H45ClF3N11O5. The van der Waals surface area contributed by atoms with Crippen LogP contribution in [0.25, 0.3) is 17.1 Å². The van der Waals surface area contributed by atoms with E-state index in [4.69, 9.17) is 17.3 Å². The van der Waals surface area contributed by atoms with Crippen molar-refractivity contribution >= 4 is 46.7 Å². The van der Waals surface area contributed by atoms with Gasteiger partial charge in [-0.3, -0.25) is 14.4 Å². The number of piperazine rings is 1. The number of aliphatic carboxylic acids is 1. The quantitative estimate of drug-likeness (QED) is 0.189. The number of carboxylic acids is 1. The SMILES string of the molecule is CC[C@@H]1CN(C(=O)C2CC[N+](CC(=O)[O-])(CC3CNC3)CC2)CCN1C(=O)c1ccc(NC(=O)c2ncc(-c3cn(-c4ccc(N)cn4)nc3C(F)(F)F)n2C)cc1Cl. The van der Waals surface area contributed by atoms with E-state index in [0.717, 1.165) is 36.7 Å². The molecule has 314 valence electrons. The minimum Gasteiger partial charge on any atom is -0.544 e. The number of benzene rings is 1. The number of likely N-dealkylation sites (tertiary alicyclic amines) is 1. The zero-order valence-corrected chi connectivity index (χ0v) is 33.3. The molecule has 0 bridgehead atoms. The highest BCUT2D eigenvalue weighted by atomic mass is 35.5. The van der Waals surface area contributed by atoms with Crippen LogP contribution >= 0.6 is 11.6 Å². The fourth-order valence-electron chi connectivity index (χ4n) is 8.40. The van der Waals surface area contributed by atoms with Crippen molar-refractivity contribution in [1.82, 2.24) is 39.4 Å². The highest BCUT2D eigenvalue weighted by molar-refractivity contribution is 6.34. The summed E-state index contributed by atoms with van der Waals surface area (Å²) in [6.45, 7) is 6.58. The molecule has 0 unspecified atom stereocenters. The van der Waals surface area contributed by atoms with Gasteiger partial charge in [-0.05, 0) is 36.8 Å². The fraction of sp³-hybridized carbons (Fsp3) is 0.462. The van der Waals surface area contributed by atoms with Gasteiger partial charge in [-0.1, -0.05) is 18.5 Å². The number of nitrogens with one attached hydrogen (secondary N) is 2. The highest BCUT2D eigenvalue weighted by Gasteiger charge is 2.42. The first-order valence-electron chi connectivity index (χ1n) is 19.4. The van der Waals surface area contributed by atoms with Crippen molar-refractivity contribution in [3.8, 4) is 17.1 Å². The zero-order chi connectivity index (χ0) is 42.2. The lowest BCUT2D eigenvalue weighted by Gasteiger charge is -2.48. The largest absolute Gasteiger partial charge is 0.544 e. The number of alkyl halides is 3. The highest BCUT2D eigenvalue weighted by Crippen LogP contribution is 2.37. The normalized spacial score (nSPS) is 21.3. The Labute approximate surface area is 342 Å². The van der Waals surface area contributed by atoms with E-state index in [1.165, 1.54) is 48.1 Å². The van der Waals surface area contributed by atoms with Gasteiger partial charge in [0, 0.05) is 82.4 Å². The van der Waals surface area contributed by atoms with Gasteiger partial charge in [-0.2, -0.15) is 18.3 Å². The van der Waals surface area contributed by atoms with E-state index in [1.807, 2.05) is 11.8 Å². The second-order valence-electron chi connectivity index (χ2n) is 15.6. The molecule has 0 saturated carbocycles. The van der Waals surface area contributed by atoms with Crippen LogP contribution in [-0.4, -0.2) is 127 Å². The number of nitrogens with two attached hydrogens (primary N) is 1. The molecule has 4 aromatic rings. The summed E-state index contributed by atoms with van der Waals surface area (Å²) in [6, 6.07) is 7.02. The number of piperidine rings is 1. The third-order valence-electron chi connectivity index (χ3n) is 11.7. The number of nitrogen functional groups attached to an aromatic ring is 1. The van der Waals surface area contributed by atoms with Crippen LogP contribution in [0.5, 0.6) is 0 Å². The Morgan fingerprint density at radius 3 is 2.42 bits per heavy atom. The number of anilines is 2. The molecular weight excluding hydrogens is 795 g/mol. The summed E-state index contributed by atoms with van der Waals surface area (Å²) in [5, 5.41) is 21.3. The minimum atomic E-state index is -4.83. The predicted octanol–water partition coefficient (Wildman–Crippen LogP) is 2.43. The number of rotatable bonds is 11. The van der Waals surface area contributed by atoms with Gasteiger partial charge in [0.1, 0.15) is 6.54 Å². The van der Waals surface area contributed by atoms with Crippen LogP contribution < -0.4 is 21.5 Å². The summed E-state index contributed by atoms with van der Waals surface area (Å²) in [5.74, 6) is -2.01. The van der Waals surface area contributed by atoms with E-state index in [0.29, 0.717) is 61.5 Å². The second-order valence-corrected chi connectivity index (χ2v) is 16.0. The van der Waals surface area contributed by atoms with Crippen molar-refractivity contribution in [3.63, 3.8) is 0 Å². The van der Waals surface area contributed by atoms with Gasteiger partial charge in [-0.25, -0.2) is 14.6 Å². The number of carbonyl (C=O) groups is 4. The standard InChI is InChI=1S/C39H45ClF3N11O5/c1-3-27-19-51(37(58)24-8-12-54(13-9-24,22-33(55)56)21-23-15-45-16-23)10-11-52(27)38(59)28-6-5-26(14-30(28)40)48-36(57)35-47-18-31(50(35)2)29-20-53(49-34(29)39(41,42)43)32-7-4-25(44)17-46-32/h4-7,14,17-18,20,23-24,27,45H,3,8-13,15-16,19,21-22,44H2,1-2H3,(H-,48,55,56,57,59)/t24?,27-,54?/m1/s1. The smallest absolute Gasteiger partial charge is 0.435 e. The average molecular weight is 840 g/mol. The topological polar surface area (TPSA) is 196 Å². The van der Waals surface area contributed by atoms with Crippen molar-refractivity contribution < 1.29 is 41.9 Å². The molecule has 1 aromatic carbocycles. The van der Waals surface area contributed by atoms with Crippen molar-refractivity contribution in [3.05, 3.63) is 71.0 Å². The number of imidazole rings is 1. The molecule has 16 nitrogen and oxygen atoms in total. The summed E-state index contributed by atoms with van der Waals surface area (Å²) in [6.07, 6.45) is 0.518.